The number of sulfonamides is 1. The lowest BCUT2D eigenvalue weighted by molar-refractivity contribution is 0.0730. The van der Waals surface area contributed by atoms with Gasteiger partial charge in [0.2, 0.25) is 10.0 Å². The van der Waals surface area contributed by atoms with E-state index in [1.165, 1.54) is 22.1 Å². The number of halogens is 1. The van der Waals surface area contributed by atoms with Crippen molar-refractivity contribution in [3.8, 4) is 0 Å². The number of hydrogen-bond acceptors (Lipinski definition) is 6. The first-order valence-corrected chi connectivity index (χ1v) is 13.9. The van der Waals surface area contributed by atoms with Crippen molar-refractivity contribution in [1.29, 1.82) is 0 Å². The molecule has 2 aromatic carbocycles. The van der Waals surface area contributed by atoms with Crippen LogP contribution in [0.5, 0.6) is 0 Å². The second-order valence-electron chi connectivity index (χ2n) is 8.67. The zero-order valence-electron chi connectivity index (χ0n) is 19.1. The van der Waals surface area contributed by atoms with Crippen LogP contribution in [0.25, 0.3) is 11.0 Å². The smallest absolute Gasteiger partial charge is 0.243 e. The minimum atomic E-state index is -3.61. The van der Waals surface area contributed by atoms with Gasteiger partial charge in [0.1, 0.15) is 5.82 Å². The van der Waals surface area contributed by atoms with Crippen LogP contribution in [0.1, 0.15) is 24.0 Å². The maximum atomic E-state index is 13.8. The van der Waals surface area contributed by atoms with Gasteiger partial charge in [-0.05, 0) is 61.2 Å². The normalized spacial score (nSPS) is 19.8. The quantitative estimate of drug-likeness (QED) is 0.453. The van der Waals surface area contributed by atoms with Gasteiger partial charge in [0.05, 0.1) is 41.8 Å². The van der Waals surface area contributed by atoms with Crippen LogP contribution in [-0.4, -0.2) is 61.3 Å². The van der Waals surface area contributed by atoms with E-state index in [-0.39, 0.29) is 16.8 Å². The van der Waals surface area contributed by atoms with Crippen LogP contribution in [0.4, 0.5) is 4.39 Å². The largest absolute Gasteiger partial charge is 0.379 e. The van der Waals surface area contributed by atoms with Crippen molar-refractivity contribution in [3.05, 3.63) is 53.3 Å². The number of fused-ring (bicyclic) bond motifs is 1. The number of imidazole rings is 1. The van der Waals surface area contributed by atoms with Crippen molar-refractivity contribution in [1.82, 2.24) is 13.9 Å². The number of nitrogens with zero attached hydrogens (tertiary/aromatic N) is 3. The fourth-order valence-electron chi connectivity index (χ4n) is 4.40. The molecule has 0 radical (unpaired) electrons. The lowest BCUT2D eigenvalue weighted by atomic mass is 10.1. The zero-order valence-corrected chi connectivity index (χ0v) is 20.7. The third-order valence-electron chi connectivity index (χ3n) is 6.37. The molecule has 0 amide bonds. The topological polar surface area (TPSA) is 73.7 Å². The van der Waals surface area contributed by atoms with E-state index in [4.69, 9.17) is 14.5 Å². The highest BCUT2D eigenvalue weighted by Crippen LogP contribution is 2.31. The molecule has 0 spiro atoms. The molecular formula is C24H28FN3O4S2. The molecule has 10 heteroatoms. The Morgan fingerprint density at radius 3 is 2.74 bits per heavy atom. The van der Waals surface area contributed by atoms with Crippen molar-refractivity contribution < 1.29 is 22.3 Å². The summed E-state index contributed by atoms with van der Waals surface area (Å²) in [5, 5.41) is 0.773. The zero-order chi connectivity index (χ0) is 23.7. The first-order valence-electron chi connectivity index (χ1n) is 11.5. The summed E-state index contributed by atoms with van der Waals surface area (Å²) in [7, 11) is -3.61. The van der Waals surface area contributed by atoms with Gasteiger partial charge in [0.25, 0.3) is 0 Å². The van der Waals surface area contributed by atoms with Crippen LogP contribution < -0.4 is 0 Å². The van der Waals surface area contributed by atoms with Gasteiger partial charge in [-0.3, -0.25) is 0 Å². The average Bonchev–Trinajstić information content (AvgIpc) is 3.48. The highest BCUT2D eigenvalue weighted by atomic mass is 32.2. The summed E-state index contributed by atoms with van der Waals surface area (Å²) < 4.78 is 54.8. The second-order valence-corrected chi connectivity index (χ2v) is 11.5. The van der Waals surface area contributed by atoms with Gasteiger partial charge in [-0.15, -0.1) is 0 Å². The van der Waals surface area contributed by atoms with E-state index < -0.39 is 10.0 Å². The summed E-state index contributed by atoms with van der Waals surface area (Å²) in [6.07, 6.45) is 2.12. The fourth-order valence-corrected chi connectivity index (χ4v) is 6.92. The highest BCUT2D eigenvalue weighted by molar-refractivity contribution is 7.98. The molecule has 5 rings (SSSR count). The third kappa shape index (κ3) is 4.87. The molecule has 0 bridgehead atoms. The summed E-state index contributed by atoms with van der Waals surface area (Å²) in [5.74, 6) is 0.309. The number of benzene rings is 2. The Morgan fingerprint density at radius 1 is 1.15 bits per heavy atom. The Hall–Kier alpha value is -1.98. The molecule has 2 fully saturated rings. The van der Waals surface area contributed by atoms with Gasteiger partial charge in [-0.25, -0.2) is 17.8 Å². The van der Waals surface area contributed by atoms with Gasteiger partial charge in [0, 0.05) is 25.4 Å². The van der Waals surface area contributed by atoms with Gasteiger partial charge in [0.15, 0.2) is 5.16 Å². The Kier molecular flexibility index (Phi) is 6.95. The number of ether oxygens (including phenoxy) is 2. The van der Waals surface area contributed by atoms with Gasteiger partial charge >= 0.3 is 0 Å². The molecule has 0 saturated carbocycles. The van der Waals surface area contributed by atoms with Crippen molar-refractivity contribution in [2.24, 2.45) is 0 Å². The third-order valence-corrected chi connectivity index (χ3v) is 9.29. The number of morpholine rings is 1. The molecule has 34 heavy (non-hydrogen) atoms. The summed E-state index contributed by atoms with van der Waals surface area (Å²) in [6, 6.07) is 9.95. The first kappa shape index (κ1) is 23.7. The molecule has 1 aromatic heterocycles. The lowest BCUT2D eigenvalue weighted by Gasteiger charge is -2.26. The molecule has 2 aliphatic rings. The summed E-state index contributed by atoms with van der Waals surface area (Å²) in [4.78, 5) is 5.05. The minimum absolute atomic E-state index is 0.101. The molecule has 0 aliphatic carbocycles. The molecule has 182 valence electrons. The van der Waals surface area contributed by atoms with Crippen LogP contribution in [0.3, 0.4) is 0 Å². The standard InChI is InChI=1S/C24H28FN3O4S2/c1-17-4-5-19(25)13-18(17)16-33-24-26-22-14-21(34(29,30)27-8-11-31-12-9-27)6-7-23(22)28(24)15-20-3-2-10-32-20/h4-7,13-14,20H,2-3,8-12,15-16H2,1H3/t20-/m0/s1. The predicted molar refractivity (Wildman–Crippen MR) is 129 cm³/mol. The number of thioether (sulfide) groups is 1. The fraction of sp³-hybridized carbons (Fsp3) is 0.458. The van der Waals surface area contributed by atoms with Gasteiger partial charge in [-0.2, -0.15) is 4.31 Å². The molecular weight excluding hydrogens is 477 g/mol. The molecule has 0 N–H and O–H groups in total. The van der Waals surface area contributed by atoms with Crippen molar-refractivity contribution >= 4 is 32.8 Å². The second kappa shape index (κ2) is 9.94. The molecule has 3 aromatic rings. The molecule has 3 heterocycles. The Labute approximate surface area is 203 Å². The highest BCUT2D eigenvalue weighted by Gasteiger charge is 2.28. The molecule has 2 saturated heterocycles. The van der Waals surface area contributed by atoms with Crippen LogP contribution >= 0.6 is 11.8 Å². The monoisotopic (exact) mass is 505 g/mol. The van der Waals surface area contributed by atoms with Crippen LogP contribution in [0.2, 0.25) is 0 Å². The molecule has 0 unspecified atom stereocenters. The van der Waals surface area contributed by atoms with Gasteiger partial charge in [-0.1, -0.05) is 17.8 Å². The number of aryl methyl sites for hydroxylation is 1. The van der Waals surface area contributed by atoms with Crippen molar-refractivity contribution in [2.45, 2.75) is 48.2 Å². The summed E-state index contributed by atoms with van der Waals surface area (Å²) in [5.41, 5.74) is 3.44. The van der Waals surface area contributed by atoms with Crippen LogP contribution in [0, 0.1) is 12.7 Å². The van der Waals surface area contributed by atoms with Crippen molar-refractivity contribution in [2.75, 3.05) is 32.9 Å². The average molecular weight is 506 g/mol. The summed E-state index contributed by atoms with van der Waals surface area (Å²) in [6.45, 7) is 4.87. The van der Waals surface area contributed by atoms with E-state index >= 15 is 0 Å². The Balaban J connectivity index is 1.48. The maximum Gasteiger partial charge on any atom is 0.243 e. The predicted octanol–water partition coefficient (Wildman–Crippen LogP) is 3.98. The van der Waals surface area contributed by atoms with Crippen LogP contribution in [0.15, 0.2) is 46.5 Å². The van der Waals surface area contributed by atoms with Gasteiger partial charge < -0.3 is 14.0 Å². The van der Waals surface area contributed by atoms with E-state index in [1.807, 2.05) is 13.0 Å². The lowest BCUT2D eigenvalue weighted by Crippen LogP contribution is -2.40. The molecule has 1 atom stereocenters. The van der Waals surface area contributed by atoms with Crippen LogP contribution in [-0.2, 0) is 31.8 Å². The molecule has 2 aliphatic heterocycles. The van der Waals surface area contributed by atoms with E-state index in [1.54, 1.807) is 24.3 Å². The van der Waals surface area contributed by atoms with E-state index in [2.05, 4.69) is 4.57 Å². The number of rotatable bonds is 7. The van der Waals surface area contributed by atoms with E-state index in [9.17, 15) is 12.8 Å². The molecule has 7 nitrogen and oxygen atoms in total. The summed E-state index contributed by atoms with van der Waals surface area (Å²) >= 11 is 1.53. The number of aromatic nitrogens is 2. The number of hydrogen-bond donors (Lipinski definition) is 0. The van der Waals surface area contributed by atoms with Crippen molar-refractivity contribution in [3.63, 3.8) is 0 Å². The Bertz CT molecular complexity index is 1280. The Morgan fingerprint density at radius 2 is 1.97 bits per heavy atom. The van der Waals surface area contributed by atoms with E-state index in [0.717, 1.165) is 41.2 Å². The SMILES string of the molecule is Cc1ccc(F)cc1CSc1nc2cc(S(=O)(=O)N3CCOCC3)ccc2n1C[C@@H]1CCCO1. The van der Waals surface area contributed by atoms with E-state index in [0.29, 0.717) is 44.1 Å². The first-order chi connectivity index (χ1) is 16.4. The maximum absolute atomic E-state index is 13.8. The minimum Gasteiger partial charge on any atom is -0.379 e.